The van der Waals surface area contributed by atoms with E-state index in [1.54, 1.807) is 18.2 Å². The van der Waals surface area contributed by atoms with Gasteiger partial charge in [-0.3, -0.25) is 0 Å². The van der Waals surface area contributed by atoms with Crippen LogP contribution in [0.2, 0.25) is 0 Å². The highest BCUT2D eigenvalue weighted by atomic mass is 32.2. The van der Waals surface area contributed by atoms with E-state index in [2.05, 4.69) is 11.8 Å². The van der Waals surface area contributed by atoms with E-state index >= 15 is 0 Å². The van der Waals surface area contributed by atoms with Crippen molar-refractivity contribution in [3.63, 3.8) is 0 Å². The van der Waals surface area contributed by atoms with Crippen molar-refractivity contribution in [2.75, 3.05) is 24.4 Å². The second kappa shape index (κ2) is 7.12. The van der Waals surface area contributed by atoms with Gasteiger partial charge in [-0.05, 0) is 24.3 Å². The van der Waals surface area contributed by atoms with Crippen LogP contribution in [0.15, 0.2) is 54.6 Å². The molecule has 22 heavy (non-hydrogen) atoms. The first-order chi connectivity index (χ1) is 10.5. The first-order valence-electron chi connectivity index (χ1n) is 6.65. The minimum atomic E-state index is -3.45. The third-order valence-electron chi connectivity index (χ3n) is 2.93. The summed E-state index contributed by atoms with van der Waals surface area (Å²) >= 11 is 0. The predicted octanol–water partition coefficient (Wildman–Crippen LogP) is 2.46. The average molecular weight is 315 g/mol. The molecule has 2 rings (SSSR count). The van der Waals surface area contributed by atoms with E-state index in [0.717, 1.165) is 11.8 Å². The third kappa shape index (κ3) is 4.10. The van der Waals surface area contributed by atoms with Gasteiger partial charge >= 0.3 is 0 Å². The van der Waals surface area contributed by atoms with Crippen LogP contribution in [0.25, 0.3) is 0 Å². The lowest BCUT2D eigenvalue weighted by atomic mass is 10.1. The predicted molar refractivity (Wildman–Crippen MR) is 88.1 cm³/mol. The van der Waals surface area contributed by atoms with E-state index < -0.39 is 10.0 Å². The normalized spacial score (nSPS) is 10.6. The van der Waals surface area contributed by atoms with E-state index in [4.69, 9.17) is 4.74 Å². The van der Waals surface area contributed by atoms with Crippen molar-refractivity contribution in [3.05, 3.63) is 65.7 Å². The molecule has 4 nitrogen and oxygen atoms in total. The molecule has 0 radical (unpaired) electrons. The molecule has 0 fully saturated rings. The fraction of sp³-hybridized carbons (Fsp3) is 0.176. The van der Waals surface area contributed by atoms with Crippen LogP contribution in [0, 0.1) is 11.8 Å². The Morgan fingerprint density at radius 3 is 2.27 bits per heavy atom. The number of sulfonamides is 1. The zero-order valence-corrected chi connectivity index (χ0v) is 13.3. The van der Waals surface area contributed by atoms with E-state index in [1.807, 2.05) is 36.4 Å². The minimum Gasteiger partial charge on any atom is -0.363 e. The van der Waals surface area contributed by atoms with Gasteiger partial charge in [-0.1, -0.05) is 42.2 Å². The molecule has 2 aromatic rings. The fourth-order valence-corrected chi connectivity index (χ4v) is 2.73. The lowest BCUT2D eigenvalue weighted by Crippen LogP contribution is -2.32. The number of anilines is 1. The van der Waals surface area contributed by atoms with Gasteiger partial charge in [-0.15, -0.1) is 0 Å². The maximum absolute atomic E-state index is 11.9. The third-order valence-corrected chi connectivity index (χ3v) is 4.04. The SMILES string of the molecule is COCN(c1ccccc1C#Cc1ccccc1)S(C)(=O)=O. The van der Waals surface area contributed by atoms with Crippen LogP contribution in [-0.2, 0) is 14.8 Å². The van der Waals surface area contributed by atoms with Crippen LogP contribution in [0.1, 0.15) is 11.1 Å². The quantitative estimate of drug-likeness (QED) is 0.643. The maximum Gasteiger partial charge on any atom is 0.234 e. The van der Waals surface area contributed by atoms with Crippen LogP contribution in [-0.4, -0.2) is 28.5 Å². The van der Waals surface area contributed by atoms with Gasteiger partial charge < -0.3 is 4.74 Å². The number of hydrogen-bond acceptors (Lipinski definition) is 3. The monoisotopic (exact) mass is 315 g/mol. The first kappa shape index (κ1) is 16.1. The average Bonchev–Trinajstić information content (AvgIpc) is 2.51. The molecule has 0 heterocycles. The highest BCUT2D eigenvalue weighted by Gasteiger charge is 2.19. The van der Waals surface area contributed by atoms with Crippen molar-refractivity contribution >= 4 is 15.7 Å². The molecular formula is C17H17NO3S. The van der Waals surface area contributed by atoms with Gasteiger partial charge in [0.2, 0.25) is 10.0 Å². The number of ether oxygens (including phenoxy) is 1. The number of hydrogen-bond donors (Lipinski definition) is 0. The molecule has 0 saturated heterocycles. The van der Waals surface area contributed by atoms with Crippen LogP contribution in [0.4, 0.5) is 5.69 Å². The Morgan fingerprint density at radius 1 is 1.00 bits per heavy atom. The molecule has 0 amide bonds. The lowest BCUT2D eigenvalue weighted by Gasteiger charge is -2.22. The maximum atomic E-state index is 11.9. The van der Waals surface area contributed by atoms with Gasteiger partial charge in [0, 0.05) is 18.2 Å². The van der Waals surface area contributed by atoms with Crippen molar-refractivity contribution in [2.24, 2.45) is 0 Å². The zero-order chi connectivity index (χ0) is 16.0. The van der Waals surface area contributed by atoms with Gasteiger partial charge in [0.05, 0.1) is 11.9 Å². The van der Waals surface area contributed by atoms with Crippen molar-refractivity contribution < 1.29 is 13.2 Å². The Kier molecular flexibility index (Phi) is 5.21. The lowest BCUT2D eigenvalue weighted by molar-refractivity contribution is 0.210. The molecule has 0 unspecified atom stereocenters. The summed E-state index contributed by atoms with van der Waals surface area (Å²) < 4.78 is 30.1. The second-order valence-corrected chi connectivity index (χ2v) is 6.57. The van der Waals surface area contributed by atoms with Crippen molar-refractivity contribution in [3.8, 4) is 11.8 Å². The topological polar surface area (TPSA) is 46.6 Å². The van der Waals surface area contributed by atoms with Crippen LogP contribution in [0.5, 0.6) is 0 Å². The van der Waals surface area contributed by atoms with Gasteiger partial charge in [0.15, 0.2) is 0 Å². The number of nitrogens with zero attached hydrogens (tertiary/aromatic N) is 1. The molecule has 0 aromatic heterocycles. The van der Waals surface area contributed by atoms with E-state index in [9.17, 15) is 8.42 Å². The Labute approximate surface area is 131 Å². The first-order valence-corrected chi connectivity index (χ1v) is 8.50. The summed E-state index contributed by atoms with van der Waals surface area (Å²) in [6, 6.07) is 16.6. The highest BCUT2D eigenvalue weighted by Crippen LogP contribution is 2.22. The summed E-state index contributed by atoms with van der Waals surface area (Å²) in [5, 5.41) is 0. The summed E-state index contributed by atoms with van der Waals surface area (Å²) in [5.41, 5.74) is 2.01. The van der Waals surface area contributed by atoms with E-state index in [1.165, 1.54) is 11.4 Å². The van der Waals surface area contributed by atoms with E-state index in [0.29, 0.717) is 11.3 Å². The van der Waals surface area contributed by atoms with Crippen LogP contribution in [0.3, 0.4) is 0 Å². The Bertz CT molecular complexity index is 789. The molecule has 0 aliphatic heterocycles. The highest BCUT2D eigenvalue weighted by molar-refractivity contribution is 7.92. The van der Waals surface area contributed by atoms with Gasteiger partial charge in [0.1, 0.15) is 6.73 Å². The van der Waals surface area contributed by atoms with Gasteiger partial charge in [-0.25, -0.2) is 12.7 Å². The van der Waals surface area contributed by atoms with Gasteiger partial charge in [0.25, 0.3) is 0 Å². The number of rotatable bonds is 4. The van der Waals surface area contributed by atoms with Crippen molar-refractivity contribution in [1.29, 1.82) is 0 Å². The molecule has 114 valence electrons. The number of para-hydroxylation sites is 1. The van der Waals surface area contributed by atoms with Crippen LogP contribution >= 0.6 is 0 Å². The summed E-state index contributed by atoms with van der Waals surface area (Å²) in [6.45, 7) is -0.0527. The standard InChI is InChI=1S/C17H17NO3S/c1-21-14-18(22(2,19)20)17-11-7-6-10-16(17)13-12-15-8-4-3-5-9-15/h3-11H,14H2,1-2H3. The second-order valence-electron chi connectivity index (χ2n) is 4.66. The van der Waals surface area contributed by atoms with Crippen molar-refractivity contribution in [1.82, 2.24) is 0 Å². The zero-order valence-electron chi connectivity index (χ0n) is 12.5. The molecule has 0 aliphatic carbocycles. The molecule has 0 spiro atoms. The van der Waals surface area contributed by atoms with Crippen LogP contribution < -0.4 is 4.31 Å². The summed E-state index contributed by atoms with van der Waals surface area (Å²) in [7, 11) is -1.99. The van der Waals surface area contributed by atoms with E-state index in [-0.39, 0.29) is 6.73 Å². The van der Waals surface area contributed by atoms with Crippen molar-refractivity contribution in [2.45, 2.75) is 0 Å². The molecule has 2 aromatic carbocycles. The summed E-state index contributed by atoms with van der Waals surface area (Å²) in [6.07, 6.45) is 1.15. The molecule has 0 aliphatic rings. The Balaban J connectivity index is 2.45. The van der Waals surface area contributed by atoms with Gasteiger partial charge in [-0.2, -0.15) is 0 Å². The number of methoxy groups -OCH3 is 1. The summed E-state index contributed by atoms with van der Waals surface area (Å²) in [4.78, 5) is 0. The Morgan fingerprint density at radius 2 is 1.64 bits per heavy atom. The molecule has 0 bridgehead atoms. The molecule has 0 N–H and O–H groups in total. The molecule has 0 atom stereocenters. The largest absolute Gasteiger partial charge is 0.363 e. The molecule has 5 heteroatoms. The number of benzene rings is 2. The Hall–Kier alpha value is -2.29. The molecular weight excluding hydrogens is 298 g/mol. The summed E-state index contributed by atoms with van der Waals surface area (Å²) in [5.74, 6) is 6.07. The minimum absolute atomic E-state index is 0.0527. The fourth-order valence-electron chi connectivity index (χ4n) is 1.92. The molecule has 0 saturated carbocycles. The smallest absolute Gasteiger partial charge is 0.234 e.